The molecule has 1 saturated carbocycles. The summed E-state index contributed by atoms with van der Waals surface area (Å²) in [6.07, 6.45) is 2.32. The largest absolute Gasteiger partial charge is 0.486 e. The van der Waals surface area contributed by atoms with Gasteiger partial charge in [0.05, 0.1) is 11.0 Å². The van der Waals surface area contributed by atoms with Crippen molar-refractivity contribution < 1.29 is 9.53 Å². The summed E-state index contributed by atoms with van der Waals surface area (Å²) in [6.45, 7) is 0.940. The Morgan fingerprint density at radius 3 is 2.69 bits per heavy atom. The number of benzene rings is 2. The number of para-hydroxylation sites is 2. The third-order valence-electron chi connectivity index (χ3n) is 4.98. The molecular formula is C21H24Cl2N4O2. The molecule has 1 amide bonds. The molecule has 0 spiro atoms. The van der Waals surface area contributed by atoms with Crippen molar-refractivity contribution in [3.05, 3.63) is 59.4 Å². The molecule has 29 heavy (non-hydrogen) atoms. The molecule has 6 nitrogen and oxygen atoms in total. The van der Waals surface area contributed by atoms with Crippen LogP contribution < -0.4 is 15.8 Å². The van der Waals surface area contributed by atoms with E-state index in [4.69, 9.17) is 22.1 Å². The zero-order valence-electron chi connectivity index (χ0n) is 15.9. The van der Waals surface area contributed by atoms with Gasteiger partial charge in [-0.25, -0.2) is 4.98 Å². The zero-order valence-corrected chi connectivity index (χ0v) is 17.5. The molecule has 2 aromatic carbocycles. The third kappa shape index (κ3) is 5.41. The minimum Gasteiger partial charge on any atom is -0.486 e. The van der Waals surface area contributed by atoms with E-state index in [0.717, 1.165) is 23.9 Å². The Balaban J connectivity index is 0.00000240. The Bertz CT molecular complexity index is 970. The van der Waals surface area contributed by atoms with E-state index < -0.39 is 0 Å². The maximum atomic E-state index is 12.5. The quantitative estimate of drug-likeness (QED) is 0.567. The van der Waals surface area contributed by atoms with Gasteiger partial charge in [0, 0.05) is 17.6 Å². The van der Waals surface area contributed by atoms with Crippen molar-refractivity contribution in [3.63, 3.8) is 0 Å². The van der Waals surface area contributed by atoms with E-state index in [1.54, 1.807) is 24.3 Å². The summed E-state index contributed by atoms with van der Waals surface area (Å²) in [6, 6.07) is 14.9. The van der Waals surface area contributed by atoms with E-state index in [9.17, 15) is 4.79 Å². The van der Waals surface area contributed by atoms with Crippen molar-refractivity contribution in [2.45, 2.75) is 32.0 Å². The number of ether oxygens (including phenoxy) is 1. The third-order valence-corrected chi connectivity index (χ3v) is 5.23. The minimum absolute atomic E-state index is 0. The molecule has 1 aliphatic rings. The first-order valence-electron chi connectivity index (χ1n) is 9.45. The average Bonchev–Trinajstić information content (AvgIpc) is 3.50. The molecule has 3 N–H and O–H groups in total. The lowest BCUT2D eigenvalue weighted by atomic mass is 10.2. The monoisotopic (exact) mass is 434 g/mol. The number of amides is 1. The molecule has 3 aromatic rings. The summed E-state index contributed by atoms with van der Waals surface area (Å²) >= 11 is 5.91. The maximum Gasteiger partial charge on any atom is 0.240 e. The van der Waals surface area contributed by atoms with Crippen LogP contribution in [-0.2, 0) is 17.9 Å². The van der Waals surface area contributed by atoms with Crippen LogP contribution in [-0.4, -0.2) is 28.0 Å². The van der Waals surface area contributed by atoms with Crippen LogP contribution in [0.3, 0.4) is 0 Å². The van der Waals surface area contributed by atoms with Gasteiger partial charge >= 0.3 is 0 Å². The molecule has 0 bridgehead atoms. The first-order chi connectivity index (χ1) is 13.6. The van der Waals surface area contributed by atoms with E-state index in [1.165, 1.54) is 0 Å². The van der Waals surface area contributed by atoms with Crippen molar-refractivity contribution in [3.8, 4) is 5.75 Å². The molecule has 0 aliphatic heterocycles. The molecule has 0 saturated heterocycles. The van der Waals surface area contributed by atoms with Gasteiger partial charge in [-0.05, 0) is 55.2 Å². The summed E-state index contributed by atoms with van der Waals surface area (Å²) in [7, 11) is 0. The van der Waals surface area contributed by atoms with Gasteiger partial charge in [-0.3, -0.25) is 4.79 Å². The van der Waals surface area contributed by atoms with E-state index in [0.29, 0.717) is 29.1 Å². The molecule has 1 atom stereocenters. The normalized spacial score (nSPS) is 14.3. The fourth-order valence-electron chi connectivity index (χ4n) is 3.21. The predicted molar refractivity (Wildman–Crippen MR) is 116 cm³/mol. The number of halogens is 2. The molecule has 0 radical (unpaired) electrons. The summed E-state index contributed by atoms with van der Waals surface area (Å²) < 4.78 is 7.74. The number of carbonyl (C=O) groups is 1. The van der Waals surface area contributed by atoms with E-state index in [1.807, 2.05) is 28.8 Å². The van der Waals surface area contributed by atoms with Crippen LogP contribution in [0.15, 0.2) is 48.5 Å². The highest BCUT2D eigenvalue weighted by molar-refractivity contribution is 6.30. The van der Waals surface area contributed by atoms with E-state index in [-0.39, 0.29) is 37.5 Å². The number of hydrogen-bond donors (Lipinski definition) is 2. The van der Waals surface area contributed by atoms with Crippen molar-refractivity contribution in [2.75, 3.05) is 6.54 Å². The Morgan fingerprint density at radius 2 is 1.97 bits per heavy atom. The second kappa shape index (κ2) is 9.48. The summed E-state index contributed by atoms with van der Waals surface area (Å²) in [4.78, 5) is 17.1. The highest BCUT2D eigenvalue weighted by Gasteiger charge is 2.28. The van der Waals surface area contributed by atoms with Gasteiger partial charge in [0.1, 0.15) is 24.7 Å². The number of nitrogens with one attached hydrogen (secondary N) is 1. The Kier molecular flexibility index (Phi) is 7.00. The van der Waals surface area contributed by atoms with Crippen LogP contribution in [0, 0.1) is 5.92 Å². The van der Waals surface area contributed by atoms with Crippen LogP contribution in [0.1, 0.15) is 18.7 Å². The Morgan fingerprint density at radius 1 is 1.24 bits per heavy atom. The molecule has 8 heteroatoms. The van der Waals surface area contributed by atoms with Crippen molar-refractivity contribution in [1.29, 1.82) is 0 Å². The highest BCUT2D eigenvalue weighted by atomic mass is 35.5. The number of hydrogen-bond acceptors (Lipinski definition) is 4. The Labute approximate surface area is 180 Å². The van der Waals surface area contributed by atoms with Gasteiger partial charge in [0.15, 0.2) is 0 Å². The van der Waals surface area contributed by atoms with Crippen molar-refractivity contribution >= 4 is 40.9 Å². The second-order valence-electron chi connectivity index (χ2n) is 7.15. The standard InChI is InChI=1S/C21H23ClN4O2.ClH/c22-15-7-9-16(10-8-15)28-13-20-25-18-3-1-2-4-19(18)26(20)12-21(27)24-11-17(23)14-5-6-14;/h1-4,7-10,14,17H,5-6,11-13,23H2,(H,24,27);1H. The van der Waals surface area contributed by atoms with Gasteiger partial charge in [-0.15, -0.1) is 12.4 Å². The fourth-order valence-corrected chi connectivity index (χ4v) is 3.34. The number of imidazole rings is 1. The molecule has 4 rings (SSSR count). The number of nitrogens with zero attached hydrogens (tertiary/aromatic N) is 2. The lowest BCUT2D eigenvalue weighted by Gasteiger charge is -2.14. The maximum absolute atomic E-state index is 12.5. The van der Waals surface area contributed by atoms with Crippen LogP contribution in [0.4, 0.5) is 0 Å². The average molecular weight is 435 g/mol. The predicted octanol–water partition coefficient (Wildman–Crippen LogP) is 3.54. The molecule has 154 valence electrons. The van der Waals surface area contributed by atoms with Gasteiger partial charge < -0.3 is 20.4 Å². The van der Waals surface area contributed by atoms with Crippen LogP contribution in [0.25, 0.3) is 11.0 Å². The number of nitrogens with two attached hydrogens (primary N) is 1. The number of carbonyl (C=O) groups excluding carboxylic acids is 1. The Hall–Kier alpha value is -2.28. The van der Waals surface area contributed by atoms with Crippen molar-refractivity contribution in [1.82, 2.24) is 14.9 Å². The molecule has 1 heterocycles. The lowest BCUT2D eigenvalue weighted by Crippen LogP contribution is -2.40. The highest BCUT2D eigenvalue weighted by Crippen LogP contribution is 2.31. The number of fused-ring (bicyclic) bond motifs is 1. The molecule has 1 aromatic heterocycles. The van der Waals surface area contributed by atoms with E-state index in [2.05, 4.69) is 10.3 Å². The smallest absolute Gasteiger partial charge is 0.240 e. The van der Waals surface area contributed by atoms with Gasteiger partial charge in [-0.2, -0.15) is 0 Å². The topological polar surface area (TPSA) is 82.2 Å². The zero-order chi connectivity index (χ0) is 19.5. The van der Waals surface area contributed by atoms with Crippen LogP contribution in [0.5, 0.6) is 5.75 Å². The van der Waals surface area contributed by atoms with Crippen molar-refractivity contribution in [2.24, 2.45) is 11.7 Å². The first kappa shape index (κ1) is 21.4. The van der Waals surface area contributed by atoms with E-state index >= 15 is 0 Å². The fraction of sp³-hybridized carbons (Fsp3) is 0.333. The minimum atomic E-state index is -0.0769. The lowest BCUT2D eigenvalue weighted by molar-refractivity contribution is -0.121. The summed E-state index contributed by atoms with van der Waals surface area (Å²) in [5.41, 5.74) is 7.82. The number of rotatable bonds is 8. The molecule has 1 aliphatic carbocycles. The first-order valence-corrected chi connectivity index (χ1v) is 9.83. The number of aromatic nitrogens is 2. The summed E-state index contributed by atoms with van der Waals surface area (Å²) in [5.74, 6) is 1.87. The second-order valence-corrected chi connectivity index (χ2v) is 7.59. The van der Waals surface area contributed by atoms with Crippen LogP contribution >= 0.6 is 24.0 Å². The van der Waals surface area contributed by atoms with Gasteiger partial charge in [-0.1, -0.05) is 23.7 Å². The molecule has 1 fully saturated rings. The SMILES string of the molecule is Cl.NC(CNC(=O)Cn1c(COc2ccc(Cl)cc2)nc2ccccc21)C1CC1. The van der Waals surface area contributed by atoms with Gasteiger partial charge in [0.25, 0.3) is 0 Å². The summed E-state index contributed by atoms with van der Waals surface area (Å²) in [5, 5.41) is 3.60. The van der Waals surface area contributed by atoms with Crippen LogP contribution in [0.2, 0.25) is 5.02 Å². The van der Waals surface area contributed by atoms with Gasteiger partial charge in [0.2, 0.25) is 5.91 Å². The molecule has 1 unspecified atom stereocenters. The molecular weight excluding hydrogens is 411 g/mol.